The van der Waals surface area contributed by atoms with Crippen LogP contribution >= 0.6 is 0 Å². The van der Waals surface area contributed by atoms with Crippen molar-refractivity contribution in [2.75, 3.05) is 0 Å². The lowest BCUT2D eigenvalue weighted by Crippen LogP contribution is -2.37. The van der Waals surface area contributed by atoms with E-state index in [2.05, 4.69) is 6.58 Å². The van der Waals surface area contributed by atoms with Gasteiger partial charge in [-0.2, -0.15) is 0 Å². The fourth-order valence-electron chi connectivity index (χ4n) is 1.11. The number of hydrogen-bond acceptors (Lipinski definition) is 2. The molecule has 1 aromatic heterocycles. The maximum Gasteiger partial charge on any atom is 0.343 e. The summed E-state index contributed by atoms with van der Waals surface area (Å²) in [5, 5.41) is 1.25. The Labute approximate surface area is 96.6 Å². The van der Waals surface area contributed by atoms with Gasteiger partial charge in [0.2, 0.25) is 0 Å². The zero-order chi connectivity index (χ0) is 12.6. The van der Waals surface area contributed by atoms with Gasteiger partial charge in [-0.1, -0.05) is 45.6 Å². The molecule has 0 bridgehead atoms. The highest BCUT2D eigenvalue weighted by Crippen LogP contribution is 1.89. The highest BCUT2D eigenvalue weighted by Gasteiger charge is 1.95. The van der Waals surface area contributed by atoms with Crippen molar-refractivity contribution in [3.8, 4) is 0 Å². The van der Waals surface area contributed by atoms with Crippen LogP contribution in [0.4, 0.5) is 0 Å². The zero-order valence-corrected chi connectivity index (χ0v) is 10.5. The Bertz CT molecular complexity index is 492. The SMILES string of the molecule is C=c1c(=O)oc(CC)c/c1=C/C=C\C.CC. The van der Waals surface area contributed by atoms with Crippen molar-refractivity contribution in [3.63, 3.8) is 0 Å². The van der Waals surface area contributed by atoms with Gasteiger partial charge < -0.3 is 4.42 Å². The van der Waals surface area contributed by atoms with E-state index in [0.29, 0.717) is 17.4 Å². The van der Waals surface area contributed by atoms with Gasteiger partial charge in [0, 0.05) is 6.42 Å². The Morgan fingerprint density at radius 2 is 2.06 bits per heavy atom. The molecule has 88 valence electrons. The van der Waals surface area contributed by atoms with Gasteiger partial charge in [0.15, 0.2) is 0 Å². The van der Waals surface area contributed by atoms with Crippen molar-refractivity contribution in [2.24, 2.45) is 0 Å². The maximum absolute atomic E-state index is 11.3. The summed E-state index contributed by atoms with van der Waals surface area (Å²) in [5.41, 5.74) is -0.347. The van der Waals surface area contributed by atoms with Crippen molar-refractivity contribution < 1.29 is 4.42 Å². The minimum Gasteiger partial charge on any atom is -0.427 e. The molecule has 0 aromatic carbocycles. The van der Waals surface area contributed by atoms with Crippen LogP contribution in [0.5, 0.6) is 0 Å². The molecule has 16 heavy (non-hydrogen) atoms. The molecule has 0 amide bonds. The fraction of sp³-hybridized carbons (Fsp3) is 0.357. The lowest BCUT2D eigenvalue weighted by Gasteiger charge is -1.93. The second-order valence-corrected chi connectivity index (χ2v) is 2.98. The molecule has 2 nitrogen and oxygen atoms in total. The third kappa shape index (κ3) is 3.89. The van der Waals surface area contributed by atoms with Crippen LogP contribution in [0.3, 0.4) is 0 Å². The first-order chi connectivity index (χ1) is 7.69. The third-order valence-corrected chi connectivity index (χ3v) is 1.95. The summed E-state index contributed by atoms with van der Waals surface area (Å²) < 4.78 is 5.02. The van der Waals surface area contributed by atoms with Crippen LogP contribution in [0.15, 0.2) is 27.4 Å². The molecule has 0 spiro atoms. The van der Waals surface area contributed by atoms with Crippen LogP contribution in [0.1, 0.15) is 33.5 Å². The molecule has 0 aliphatic heterocycles. The molecule has 1 heterocycles. The zero-order valence-electron chi connectivity index (χ0n) is 10.5. The van der Waals surface area contributed by atoms with Crippen molar-refractivity contribution >= 4 is 12.7 Å². The molecule has 0 saturated heterocycles. The van der Waals surface area contributed by atoms with Crippen LogP contribution in [0, 0.1) is 0 Å². The highest BCUT2D eigenvalue weighted by atomic mass is 16.4. The van der Waals surface area contributed by atoms with E-state index in [1.807, 2.05) is 52.0 Å². The molecule has 0 saturated carbocycles. The van der Waals surface area contributed by atoms with Crippen molar-refractivity contribution in [3.05, 3.63) is 44.8 Å². The summed E-state index contributed by atoms with van der Waals surface area (Å²) in [6.07, 6.45) is 6.35. The van der Waals surface area contributed by atoms with E-state index < -0.39 is 0 Å². The smallest absolute Gasteiger partial charge is 0.343 e. The quantitative estimate of drug-likeness (QED) is 0.763. The van der Waals surface area contributed by atoms with Crippen molar-refractivity contribution in [1.82, 2.24) is 0 Å². The summed E-state index contributed by atoms with van der Waals surface area (Å²) in [5.74, 6) is 0.693. The van der Waals surface area contributed by atoms with E-state index >= 15 is 0 Å². The van der Waals surface area contributed by atoms with E-state index in [4.69, 9.17) is 4.42 Å². The predicted molar refractivity (Wildman–Crippen MR) is 69.8 cm³/mol. The first-order valence-corrected chi connectivity index (χ1v) is 5.64. The summed E-state index contributed by atoms with van der Waals surface area (Å²) in [4.78, 5) is 11.3. The second kappa shape index (κ2) is 7.69. The maximum atomic E-state index is 11.3. The molecule has 0 radical (unpaired) electrons. The first-order valence-electron chi connectivity index (χ1n) is 5.64. The Morgan fingerprint density at radius 3 is 2.56 bits per heavy atom. The Kier molecular flexibility index (Phi) is 6.93. The minimum absolute atomic E-state index is 0.347. The topological polar surface area (TPSA) is 30.2 Å². The van der Waals surface area contributed by atoms with Crippen molar-refractivity contribution in [1.29, 1.82) is 0 Å². The molecule has 1 aromatic rings. The lowest BCUT2D eigenvalue weighted by atomic mass is 10.2. The number of hydrogen-bond donors (Lipinski definition) is 0. The molecule has 1 rings (SSSR count). The van der Waals surface area contributed by atoms with Gasteiger partial charge in [0.1, 0.15) is 5.76 Å². The molecular formula is C14H20O2. The van der Waals surface area contributed by atoms with E-state index in [9.17, 15) is 4.79 Å². The van der Waals surface area contributed by atoms with Crippen LogP contribution in [0.25, 0.3) is 12.7 Å². The molecule has 0 aliphatic rings. The van der Waals surface area contributed by atoms with Crippen LogP contribution in [0.2, 0.25) is 0 Å². The molecule has 2 heteroatoms. The molecule has 0 aliphatic carbocycles. The normalized spacial score (nSPS) is 11.4. The van der Waals surface area contributed by atoms with E-state index in [1.165, 1.54) is 0 Å². The molecule has 0 unspecified atom stereocenters. The average Bonchev–Trinajstić information content (AvgIpc) is 2.33. The number of rotatable bonds is 2. The van der Waals surface area contributed by atoms with Crippen LogP contribution < -0.4 is 16.1 Å². The predicted octanol–water partition coefficient (Wildman–Crippen LogP) is 2.00. The monoisotopic (exact) mass is 220 g/mol. The fourth-order valence-corrected chi connectivity index (χ4v) is 1.11. The Hall–Kier alpha value is -1.57. The van der Waals surface area contributed by atoms with Gasteiger partial charge in [0.25, 0.3) is 0 Å². The van der Waals surface area contributed by atoms with Crippen molar-refractivity contribution in [2.45, 2.75) is 34.1 Å². The van der Waals surface area contributed by atoms with E-state index in [1.54, 1.807) is 0 Å². The summed E-state index contributed by atoms with van der Waals surface area (Å²) in [6, 6.07) is 1.85. The Balaban J connectivity index is 0.00000106. The third-order valence-electron chi connectivity index (χ3n) is 1.95. The standard InChI is InChI=1S/C12H14O2.C2H6/c1-4-6-7-10-8-11(5-2)14-12(13)9(10)3;1-2/h4,6-8H,3,5H2,1-2H3;1-2H3/b6-4-,10-7-;. The average molecular weight is 220 g/mol. The van der Waals surface area contributed by atoms with E-state index in [-0.39, 0.29) is 5.63 Å². The summed E-state index contributed by atoms with van der Waals surface area (Å²) >= 11 is 0. The van der Waals surface area contributed by atoms with Crippen LogP contribution in [-0.2, 0) is 6.42 Å². The largest absolute Gasteiger partial charge is 0.427 e. The second-order valence-electron chi connectivity index (χ2n) is 2.98. The Morgan fingerprint density at radius 1 is 1.44 bits per heavy atom. The van der Waals surface area contributed by atoms with Gasteiger partial charge in [0.05, 0.1) is 5.22 Å². The molecule has 0 fully saturated rings. The molecular weight excluding hydrogens is 200 g/mol. The van der Waals surface area contributed by atoms with E-state index in [0.717, 1.165) is 5.22 Å². The summed E-state index contributed by atoms with van der Waals surface area (Å²) in [7, 11) is 0. The molecule has 0 atom stereocenters. The molecule has 0 N–H and O–H groups in total. The van der Waals surface area contributed by atoms with Gasteiger partial charge in [-0.05, 0) is 18.2 Å². The number of allylic oxidation sites excluding steroid dienone is 2. The van der Waals surface area contributed by atoms with Gasteiger partial charge in [-0.25, -0.2) is 4.79 Å². The van der Waals surface area contributed by atoms with Gasteiger partial charge in [-0.15, -0.1) is 0 Å². The number of aryl methyl sites for hydroxylation is 1. The first kappa shape index (κ1) is 14.4. The van der Waals surface area contributed by atoms with Crippen LogP contribution in [-0.4, -0.2) is 0 Å². The highest BCUT2D eigenvalue weighted by molar-refractivity contribution is 5.37. The lowest BCUT2D eigenvalue weighted by molar-refractivity contribution is 0.458. The minimum atomic E-state index is -0.347. The van der Waals surface area contributed by atoms with Gasteiger partial charge >= 0.3 is 5.63 Å². The van der Waals surface area contributed by atoms with Gasteiger partial charge in [-0.3, -0.25) is 0 Å². The summed E-state index contributed by atoms with van der Waals surface area (Å²) in [6.45, 7) is 11.5.